The number of carboxylic acids is 1. The van der Waals surface area contributed by atoms with E-state index < -0.39 is 5.97 Å². The minimum Gasteiger partial charge on any atom is -0.478 e. The van der Waals surface area contributed by atoms with Crippen LogP contribution >= 0.6 is 0 Å². The molecule has 59 heavy (non-hydrogen) atoms. The third-order valence-corrected chi connectivity index (χ3v) is 8.81. The molecule has 0 radical (unpaired) electrons. The smallest absolute Gasteiger partial charge is 0.337 e. The number of halogens is 1. The zero-order chi connectivity index (χ0) is 43.6. The molecular weight excluding hydrogens is 766 g/mol. The first-order valence-corrected chi connectivity index (χ1v) is 18.3. The molecule has 8 N–H and O–H groups in total. The van der Waals surface area contributed by atoms with E-state index in [4.69, 9.17) is 10.8 Å². The van der Waals surface area contributed by atoms with Crippen molar-refractivity contribution in [1.29, 1.82) is 0 Å². The van der Waals surface area contributed by atoms with Gasteiger partial charge in [-0.3, -0.25) is 28.5 Å². The maximum Gasteiger partial charge on any atom is 0.337 e. The lowest BCUT2D eigenvalue weighted by molar-refractivity contribution is -0.115. The van der Waals surface area contributed by atoms with E-state index in [9.17, 15) is 33.2 Å². The number of amides is 1. The molecule has 0 fully saturated rings. The predicted molar refractivity (Wildman–Crippen MR) is 216 cm³/mol. The van der Waals surface area contributed by atoms with Gasteiger partial charge in [0.1, 0.15) is 12.1 Å². The highest BCUT2D eigenvalue weighted by Gasteiger charge is 2.20. The van der Waals surface area contributed by atoms with Crippen LogP contribution in [0.25, 0.3) is 0 Å². The summed E-state index contributed by atoms with van der Waals surface area (Å²) in [5.41, 5.74) is 10.7. The Morgan fingerprint density at radius 2 is 1.46 bits per heavy atom. The Balaban J connectivity index is 0.000000200. The fourth-order valence-electron chi connectivity index (χ4n) is 5.75. The van der Waals surface area contributed by atoms with Crippen molar-refractivity contribution in [3.8, 4) is 0 Å². The number of aromatic nitrogens is 8. The number of benzene rings is 1. The predicted octanol–water partition coefficient (Wildman–Crippen LogP) is 4.44. The second-order valence-corrected chi connectivity index (χ2v) is 12.7. The van der Waals surface area contributed by atoms with Gasteiger partial charge in [0.05, 0.1) is 28.9 Å². The second-order valence-electron chi connectivity index (χ2n) is 12.7. The summed E-state index contributed by atoms with van der Waals surface area (Å²) < 4.78 is 13.9. The highest BCUT2D eigenvalue weighted by molar-refractivity contribution is 6.03. The lowest BCUT2D eigenvalue weighted by atomic mass is 10.1. The van der Waals surface area contributed by atoms with Gasteiger partial charge in [0.25, 0.3) is 11.7 Å². The third kappa shape index (κ3) is 12.7. The molecule has 0 saturated carbocycles. The second kappa shape index (κ2) is 22.6. The fourth-order valence-corrected chi connectivity index (χ4v) is 5.75. The number of likely N-dealkylation sites (N-methyl/N-ethyl adjacent to an activating group) is 1. The van der Waals surface area contributed by atoms with Gasteiger partial charge in [-0.1, -0.05) is 13.8 Å². The van der Waals surface area contributed by atoms with Crippen LogP contribution in [-0.4, -0.2) is 112 Å². The quantitative estimate of drug-likeness (QED) is 0.0747. The van der Waals surface area contributed by atoms with Gasteiger partial charge < -0.3 is 41.0 Å². The number of rotatable bonds is 10. The molecule has 0 atom stereocenters. The van der Waals surface area contributed by atoms with Gasteiger partial charge in [0.15, 0.2) is 24.2 Å². The summed E-state index contributed by atoms with van der Waals surface area (Å²) in [5.74, 6) is -1.18. The number of aldehydes is 2. The molecular formula is C40H48FN11O7. The van der Waals surface area contributed by atoms with E-state index in [1.807, 2.05) is 0 Å². The van der Waals surface area contributed by atoms with Crippen LogP contribution in [0.4, 0.5) is 10.1 Å². The van der Waals surface area contributed by atoms with Crippen molar-refractivity contribution in [2.45, 2.75) is 48.0 Å². The van der Waals surface area contributed by atoms with E-state index in [-0.39, 0.29) is 29.0 Å². The van der Waals surface area contributed by atoms with E-state index in [2.05, 4.69) is 59.0 Å². The number of carboxylic acid groups (broad SMARTS) is 1. The average Bonchev–Trinajstić information content (AvgIpc) is 4.08. The van der Waals surface area contributed by atoms with Crippen LogP contribution in [0.3, 0.4) is 0 Å². The number of anilines is 1. The van der Waals surface area contributed by atoms with Crippen molar-refractivity contribution >= 4 is 41.8 Å². The molecule has 1 aliphatic rings. The molecule has 0 saturated heterocycles. The molecule has 5 aromatic heterocycles. The molecule has 18 nitrogen and oxygen atoms in total. The summed E-state index contributed by atoms with van der Waals surface area (Å²) in [6.07, 6.45) is 12.4. The zero-order valence-electron chi connectivity index (χ0n) is 33.6. The molecule has 0 aliphatic carbocycles. The van der Waals surface area contributed by atoms with Crippen molar-refractivity contribution in [1.82, 2.24) is 44.4 Å². The number of aromatic carboxylic acids is 1. The number of imidazole rings is 3. The maximum absolute atomic E-state index is 12.5. The Bertz CT molecular complexity index is 2270. The zero-order valence-corrected chi connectivity index (χ0v) is 33.6. The minimum absolute atomic E-state index is 0.0643. The summed E-state index contributed by atoms with van der Waals surface area (Å²) in [7, 11) is 0. The van der Waals surface area contributed by atoms with Crippen LogP contribution in [0.15, 0.2) is 61.7 Å². The Labute approximate surface area is 338 Å². The topological polar surface area (TPSA) is 271 Å². The van der Waals surface area contributed by atoms with Crippen LogP contribution in [0, 0.1) is 33.5 Å². The van der Waals surface area contributed by atoms with Gasteiger partial charge in [0, 0.05) is 67.3 Å². The summed E-state index contributed by atoms with van der Waals surface area (Å²) in [4.78, 5) is 90.7. The fraction of sp³-hybridized carbons (Fsp3) is 0.275. The summed E-state index contributed by atoms with van der Waals surface area (Å²) in [6.45, 7) is 15.1. The monoisotopic (exact) mass is 813 g/mol. The standard InChI is InChI=1S/C11H11N3O2.C8H6FNO.C8H9NO3.C7H6N4O.C6H16N2/c1-7-9(5-15)13-8(2)10(7)11(16)14-4-3-12-6-14;9-6-1-2-7-5(3-6)4-8(11)10-7;1-4-6(3-10)9-5(2)7(4)8(11)12;12-5(6-8-1-2-9-6)7-10-3-4-11-7;1-3-8(4-2)6-5-7/h3-6,13H,1-2H3;1-3H,4H2,(H,10,11);3,9H,1-2H3,(H,11,12);1-4H,(H,8,9)(H,10,11);3-7H2,1-2H3. The Morgan fingerprint density at radius 3 is 1.86 bits per heavy atom. The minimum atomic E-state index is -1.01. The van der Waals surface area contributed by atoms with E-state index >= 15 is 0 Å². The Kier molecular flexibility index (Phi) is 17.7. The normalized spacial score (nSPS) is 11.0. The number of carbonyl (C=O) groups excluding carboxylic acids is 5. The maximum atomic E-state index is 12.5. The summed E-state index contributed by atoms with van der Waals surface area (Å²) in [6, 6.07) is 4.30. The number of nitrogens with one attached hydrogen (secondary N) is 5. The summed E-state index contributed by atoms with van der Waals surface area (Å²) in [5, 5.41) is 11.3. The van der Waals surface area contributed by atoms with Gasteiger partial charge >= 0.3 is 5.97 Å². The highest BCUT2D eigenvalue weighted by Crippen LogP contribution is 2.23. The van der Waals surface area contributed by atoms with E-state index in [1.165, 1.54) is 41.6 Å². The molecule has 1 aromatic carbocycles. The molecule has 6 aromatic rings. The van der Waals surface area contributed by atoms with Crippen LogP contribution in [0.2, 0.25) is 0 Å². The highest BCUT2D eigenvalue weighted by atomic mass is 19.1. The number of aromatic amines is 4. The van der Waals surface area contributed by atoms with Crippen LogP contribution in [0.5, 0.6) is 0 Å². The van der Waals surface area contributed by atoms with Crippen molar-refractivity contribution in [2.24, 2.45) is 5.73 Å². The number of ketones is 1. The first-order chi connectivity index (χ1) is 28.2. The largest absolute Gasteiger partial charge is 0.478 e. The van der Waals surface area contributed by atoms with E-state index in [1.54, 1.807) is 52.4 Å². The van der Waals surface area contributed by atoms with Crippen LogP contribution in [-0.2, 0) is 11.2 Å². The molecule has 0 bridgehead atoms. The number of fused-ring (bicyclic) bond motifs is 1. The van der Waals surface area contributed by atoms with Crippen molar-refractivity contribution in [3.63, 3.8) is 0 Å². The lowest BCUT2D eigenvalue weighted by Crippen LogP contribution is -2.28. The van der Waals surface area contributed by atoms with Gasteiger partial charge in [-0.25, -0.2) is 24.1 Å². The number of nitrogens with zero attached hydrogens (tertiary/aromatic N) is 5. The van der Waals surface area contributed by atoms with E-state index in [0.29, 0.717) is 70.1 Å². The Morgan fingerprint density at radius 1 is 0.898 bits per heavy atom. The number of carbonyl (C=O) groups is 6. The van der Waals surface area contributed by atoms with Gasteiger partial charge in [-0.05, 0) is 75.7 Å². The third-order valence-electron chi connectivity index (χ3n) is 8.81. The van der Waals surface area contributed by atoms with Gasteiger partial charge in [-0.2, -0.15) is 0 Å². The van der Waals surface area contributed by atoms with Gasteiger partial charge in [0.2, 0.25) is 5.91 Å². The number of H-pyrrole nitrogens is 4. The molecule has 7 rings (SSSR count). The number of aryl methyl sites for hydroxylation is 2. The SMILES string of the molecule is CCN(CC)CCN.Cc1[nH]c(C=O)c(C)c1C(=O)O.Cc1[nH]c(C=O)c(C)c1C(=O)n1ccnc1.O=C(c1ncc[nH]1)c1ncc[nH]1.O=C1Cc2cc(F)ccc2N1. The van der Waals surface area contributed by atoms with Crippen LogP contribution < -0.4 is 11.1 Å². The van der Waals surface area contributed by atoms with E-state index in [0.717, 1.165) is 37.4 Å². The Hall–Kier alpha value is -7.12. The van der Waals surface area contributed by atoms with Crippen molar-refractivity contribution in [2.75, 3.05) is 31.5 Å². The first-order valence-electron chi connectivity index (χ1n) is 18.3. The molecule has 19 heteroatoms. The molecule has 312 valence electrons. The molecule has 6 heterocycles. The van der Waals surface area contributed by atoms with Crippen molar-refractivity contribution < 1.29 is 38.3 Å². The lowest BCUT2D eigenvalue weighted by Gasteiger charge is -2.15. The number of hydrogen-bond donors (Lipinski definition) is 7. The average molecular weight is 814 g/mol. The van der Waals surface area contributed by atoms with Crippen LogP contribution in [0.1, 0.15) is 100 Å². The molecule has 1 amide bonds. The first kappa shape index (κ1) is 46.3. The van der Waals surface area contributed by atoms with Gasteiger partial charge in [-0.15, -0.1) is 0 Å². The number of nitrogens with two attached hydrogens (primary N) is 1. The molecule has 1 aliphatic heterocycles. The number of hydrogen-bond acceptors (Lipinski definition) is 11. The molecule has 0 unspecified atom stereocenters. The molecule has 0 spiro atoms. The summed E-state index contributed by atoms with van der Waals surface area (Å²) >= 11 is 0. The van der Waals surface area contributed by atoms with Crippen molar-refractivity contribution in [3.05, 3.63) is 130 Å².